The molecule has 1 aliphatic heterocycles. The first-order valence-electron chi connectivity index (χ1n) is 11.0. The molecule has 2 aromatic carbocycles. The number of pyridine rings is 1. The molecule has 3 N–H and O–H groups in total. The van der Waals surface area contributed by atoms with Gasteiger partial charge < -0.3 is 20.3 Å². The number of aromatic nitrogens is 1. The van der Waals surface area contributed by atoms with Crippen molar-refractivity contribution in [3.63, 3.8) is 0 Å². The van der Waals surface area contributed by atoms with E-state index >= 15 is 0 Å². The average molecular weight is 433 g/mol. The lowest BCUT2D eigenvalue weighted by atomic mass is 9.97. The van der Waals surface area contributed by atoms with E-state index in [1.165, 1.54) is 11.1 Å². The molecule has 0 saturated carbocycles. The molecule has 0 bridgehead atoms. The molecular formula is C26H28N2O4. The first kappa shape index (κ1) is 22.0. The predicted molar refractivity (Wildman–Crippen MR) is 122 cm³/mol. The van der Waals surface area contributed by atoms with E-state index in [9.17, 15) is 9.90 Å². The number of carboxylic acid groups (broad SMARTS) is 1. The molecule has 0 amide bonds. The fourth-order valence-corrected chi connectivity index (χ4v) is 3.97. The Morgan fingerprint density at radius 1 is 1.12 bits per heavy atom. The van der Waals surface area contributed by atoms with Crippen LogP contribution in [-0.2, 0) is 19.3 Å². The number of nitrogens with zero attached hydrogens (tertiary/aromatic N) is 1. The lowest BCUT2D eigenvalue weighted by Gasteiger charge is -2.27. The van der Waals surface area contributed by atoms with E-state index in [1.54, 1.807) is 24.5 Å². The molecule has 6 heteroatoms. The summed E-state index contributed by atoms with van der Waals surface area (Å²) in [7, 11) is 0. The van der Waals surface area contributed by atoms with Crippen LogP contribution in [0.4, 0.5) is 0 Å². The van der Waals surface area contributed by atoms with Crippen molar-refractivity contribution >= 4 is 5.97 Å². The number of hydrogen-bond donors (Lipinski definition) is 3. The normalized spacial score (nSPS) is 16.1. The quantitative estimate of drug-likeness (QED) is 0.479. The highest BCUT2D eigenvalue weighted by molar-refractivity contribution is 5.87. The Kier molecular flexibility index (Phi) is 7.14. The monoisotopic (exact) mass is 432 g/mol. The Morgan fingerprint density at radius 2 is 1.91 bits per heavy atom. The van der Waals surface area contributed by atoms with Gasteiger partial charge in [0.1, 0.15) is 11.9 Å². The Hall–Kier alpha value is -3.22. The first-order valence-corrected chi connectivity index (χ1v) is 11.0. The van der Waals surface area contributed by atoms with E-state index in [2.05, 4.69) is 28.5 Å². The van der Waals surface area contributed by atoms with Crippen LogP contribution in [0.3, 0.4) is 0 Å². The second-order valence-corrected chi connectivity index (χ2v) is 8.18. The molecule has 1 aliphatic rings. The molecule has 0 unspecified atom stereocenters. The maximum absolute atomic E-state index is 11.0. The van der Waals surface area contributed by atoms with Crippen LogP contribution in [0.25, 0.3) is 0 Å². The molecule has 0 aliphatic carbocycles. The van der Waals surface area contributed by atoms with Crippen LogP contribution in [0.15, 0.2) is 67.0 Å². The van der Waals surface area contributed by atoms with Gasteiger partial charge in [0, 0.05) is 31.0 Å². The Labute approximate surface area is 187 Å². The summed E-state index contributed by atoms with van der Waals surface area (Å²) < 4.78 is 6.16. The summed E-state index contributed by atoms with van der Waals surface area (Å²) in [6.45, 7) is 1.15. The first-order chi connectivity index (χ1) is 15.6. The zero-order chi connectivity index (χ0) is 22.3. The molecule has 1 aromatic heterocycles. The van der Waals surface area contributed by atoms with E-state index in [-0.39, 0.29) is 6.10 Å². The fourth-order valence-electron chi connectivity index (χ4n) is 3.97. The van der Waals surface area contributed by atoms with Crippen LogP contribution < -0.4 is 10.1 Å². The lowest BCUT2D eigenvalue weighted by molar-refractivity contribution is 0.0697. The van der Waals surface area contributed by atoms with Gasteiger partial charge in [-0.3, -0.25) is 4.98 Å². The van der Waals surface area contributed by atoms with Crippen molar-refractivity contribution in [1.82, 2.24) is 10.3 Å². The highest BCUT2D eigenvalue weighted by Gasteiger charge is 2.20. The number of aromatic carboxylic acids is 1. The molecule has 0 spiro atoms. The second-order valence-electron chi connectivity index (χ2n) is 8.18. The third-order valence-electron chi connectivity index (χ3n) is 5.84. The summed E-state index contributed by atoms with van der Waals surface area (Å²) in [4.78, 5) is 15.0. The van der Waals surface area contributed by atoms with Crippen LogP contribution in [0.1, 0.15) is 45.1 Å². The summed E-state index contributed by atoms with van der Waals surface area (Å²) >= 11 is 0. The van der Waals surface area contributed by atoms with Crippen LogP contribution in [0.2, 0.25) is 0 Å². The van der Waals surface area contributed by atoms with Gasteiger partial charge in [-0.2, -0.15) is 0 Å². The van der Waals surface area contributed by atoms with Gasteiger partial charge in [-0.15, -0.1) is 0 Å². The van der Waals surface area contributed by atoms with Crippen molar-refractivity contribution in [2.75, 3.05) is 13.1 Å². The van der Waals surface area contributed by atoms with Gasteiger partial charge in [-0.25, -0.2) is 4.79 Å². The van der Waals surface area contributed by atoms with Crippen LogP contribution >= 0.6 is 0 Å². The molecule has 0 saturated heterocycles. The van der Waals surface area contributed by atoms with E-state index in [1.807, 2.05) is 24.3 Å². The van der Waals surface area contributed by atoms with E-state index in [4.69, 9.17) is 9.84 Å². The number of rotatable bonds is 9. The third-order valence-corrected chi connectivity index (χ3v) is 5.84. The Bertz CT molecular complexity index is 1040. The largest absolute Gasteiger partial charge is 0.489 e. The van der Waals surface area contributed by atoms with Gasteiger partial charge in [0.2, 0.25) is 0 Å². The van der Waals surface area contributed by atoms with E-state index < -0.39 is 12.1 Å². The number of aryl methyl sites for hydroxylation is 3. The maximum Gasteiger partial charge on any atom is 0.335 e. The number of carbonyl (C=O) groups is 1. The standard InChI is InChI=1S/C26H28N2O4/c29-24(22-2-1-13-27-15-22)17-28-16-23-11-10-21-14-19(7-12-25(21)32-23)4-3-18-5-8-20(9-6-18)26(30)31/h1-2,5-9,12-15,23-24,28-29H,3-4,10-11,16-17H2,(H,30,31)/t23-,24+/m1/s1. The predicted octanol–water partition coefficient (Wildman–Crippen LogP) is 3.58. The minimum atomic E-state index is -0.899. The molecular weight excluding hydrogens is 404 g/mol. The highest BCUT2D eigenvalue weighted by atomic mass is 16.5. The number of nitrogens with one attached hydrogen (secondary N) is 1. The zero-order valence-corrected chi connectivity index (χ0v) is 17.9. The zero-order valence-electron chi connectivity index (χ0n) is 17.9. The van der Waals surface area contributed by atoms with Crippen LogP contribution in [0.5, 0.6) is 5.75 Å². The summed E-state index contributed by atoms with van der Waals surface area (Å²) in [5.41, 5.74) is 4.74. The maximum atomic E-state index is 11.0. The molecule has 4 rings (SSSR count). The van der Waals surface area contributed by atoms with E-state index in [0.29, 0.717) is 18.7 Å². The molecule has 166 valence electrons. The number of benzene rings is 2. The molecule has 0 fully saturated rings. The van der Waals surface area contributed by atoms with Gasteiger partial charge >= 0.3 is 5.97 Å². The number of fused-ring (bicyclic) bond motifs is 1. The summed E-state index contributed by atoms with van der Waals surface area (Å²) in [6, 6.07) is 17.1. The topological polar surface area (TPSA) is 91.7 Å². The van der Waals surface area contributed by atoms with Crippen LogP contribution in [0, 0.1) is 0 Å². The van der Waals surface area contributed by atoms with Crippen molar-refractivity contribution in [2.24, 2.45) is 0 Å². The van der Waals surface area contributed by atoms with Crippen molar-refractivity contribution in [3.8, 4) is 5.75 Å². The van der Waals surface area contributed by atoms with Gasteiger partial charge in [0.15, 0.2) is 0 Å². The minimum Gasteiger partial charge on any atom is -0.489 e. The molecule has 0 radical (unpaired) electrons. The number of carboxylic acids is 1. The summed E-state index contributed by atoms with van der Waals surface area (Å²) in [5.74, 6) is 0.0369. The number of aliphatic hydroxyl groups excluding tert-OH is 1. The molecule has 3 aromatic rings. The lowest BCUT2D eigenvalue weighted by Crippen LogP contribution is -2.36. The van der Waals surface area contributed by atoms with Crippen molar-refractivity contribution in [3.05, 3.63) is 94.8 Å². The molecule has 6 nitrogen and oxygen atoms in total. The smallest absolute Gasteiger partial charge is 0.335 e. The SMILES string of the molecule is O=C(O)c1ccc(CCc2ccc3c(c2)CC[C@H](CNC[C@H](O)c2cccnc2)O3)cc1. The van der Waals surface area contributed by atoms with Crippen molar-refractivity contribution in [2.45, 2.75) is 37.9 Å². The molecule has 32 heavy (non-hydrogen) atoms. The third kappa shape index (κ3) is 5.72. The minimum absolute atomic E-state index is 0.0854. The van der Waals surface area contributed by atoms with Gasteiger partial charge in [0.05, 0.1) is 11.7 Å². The number of ether oxygens (including phenoxy) is 1. The van der Waals surface area contributed by atoms with Crippen molar-refractivity contribution in [1.29, 1.82) is 0 Å². The van der Waals surface area contributed by atoms with Gasteiger partial charge in [-0.05, 0) is 66.6 Å². The highest BCUT2D eigenvalue weighted by Crippen LogP contribution is 2.29. The second kappa shape index (κ2) is 10.4. The molecule has 2 heterocycles. The fraction of sp³-hybridized carbons (Fsp3) is 0.308. The van der Waals surface area contributed by atoms with Crippen LogP contribution in [-0.4, -0.2) is 40.4 Å². The van der Waals surface area contributed by atoms with E-state index in [0.717, 1.165) is 42.6 Å². The van der Waals surface area contributed by atoms with Gasteiger partial charge in [-0.1, -0.05) is 30.3 Å². The Morgan fingerprint density at radius 3 is 2.66 bits per heavy atom. The summed E-state index contributed by atoms with van der Waals surface area (Å²) in [6.07, 6.45) is 6.55. The number of hydrogen-bond acceptors (Lipinski definition) is 5. The Balaban J connectivity index is 1.25. The van der Waals surface area contributed by atoms with Gasteiger partial charge in [0.25, 0.3) is 0 Å². The summed E-state index contributed by atoms with van der Waals surface area (Å²) in [5, 5.41) is 22.5. The average Bonchev–Trinajstić information content (AvgIpc) is 2.83. The van der Waals surface area contributed by atoms with Crippen molar-refractivity contribution < 1.29 is 19.7 Å². The molecule has 2 atom stereocenters. The number of aliphatic hydroxyl groups is 1.